The lowest BCUT2D eigenvalue weighted by molar-refractivity contribution is 1.27. The van der Waals surface area contributed by atoms with Gasteiger partial charge in [0.2, 0.25) is 0 Å². The molecular weight excluding hydrogens is 244 g/mol. The number of nitrogens with zero attached hydrogens (tertiary/aromatic N) is 2. The fourth-order valence-corrected chi connectivity index (χ4v) is 1.16. The van der Waals surface area contributed by atoms with Crippen LogP contribution in [-0.4, -0.2) is 4.98 Å². The lowest BCUT2D eigenvalue weighted by Gasteiger charge is -1.88. The standard InChI is InChI=1S/C8H7N.C6H7N.2C2H6/c1-7-3-2-4-8(5-7)6-9;1-6-3-2-4-7-5-6;2*1-2/h2-5H,1H3;2-5H,1H3;2*1-2H3. The van der Waals surface area contributed by atoms with E-state index in [1.165, 1.54) is 5.56 Å². The van der Waals surface area contributed by atoms with Crippen molar-refractivity contribution in [1.82, 2.24) is 4.98 Å². The maximum absolute atomic E-state index is 8.41. The summed E-state index contributed by atoms with van der Waals surface area (Å²) in [6.45, 7) is 12.0. The van der Waals surface area contributed by atoms with E-state index in [1.54, 1.807) is 12.3 Å². The van der Waals surface area contributed by atoms with E-state index in [0.717, 1.165) is 11.1 Å². The third-order valence-electron chi connectivity index (χ3n) is 1.96. The van der Waals surface area contributed by atoms with E-state index < -0.39 is 0 Å². The van der Waals surface area contributed by atoms with Crippen molar-refractivity contribution in [3.63, 3.8) is 0 Å². The molecule has 0 saturated carbocycles. The molecule has 2 heteroatoms. The molecule has 0 aliphatic heterocycles. The van der Waals surface area contributed by atoms with Crippen LogP contribution < -0.4 is 0 Å². The van der Waals surface area contributed by atoms with Gasteiger partial charge in [-0.15, -0.1) is 0 Å². The summed E-state index contributed by atoms with van der Waals surface area (Å²) < 4.78 is 0. The Morgan fingerprint density at radius 2 is 1.50 bits per heavy atom. The Morgan fingerprint density at radius 3 is 1.80 bits per heavy atom. The molecule has 0 spiro atoms. The first-order chi connectivity index (χ1) is 9.72. The first kappa shape index (κ1) is 20.2. The monoisotopic (exact) mass is 270 g/mol. The van der Waals surface area contributed by atoms with Gasteiger partial charge in [0.25, 0.3) is 0 Å². The predicted octanol–water partition coefficient (Wildman–Crippen LogP) is 5.31. The lowest BCUT2D eigenvalue weighted by Crippen LogP contribution is -1.73. The highest BCUT2D eigenvalue weighted by atomic mass is 14.6. The summed E-state index contributed by atoms with van der Waals surface area (Å²) in [7, 11) is 0. The molecule has 0 bridgehead atoms. The van der Waals surface area contributed by atoms with E-state index in [1.807, 2.05) is 78.1 Å². The van der Waals surface area contributed by atoms with E-state index in [-0.39, 0.29) is 0 Å². The van der Waals surface area contributed by atoms with Gasteiger partial charge in [0.05, 0.1) is 11.6 Å². The van der Waals surface area contributed by atoms with Crippen LogP contribution >= 0.6 is 0 Å². The Balaban J connectivity index is 0. The van der Waals surface area contributed by atoms with Gasteiger partial charge in [0.15, 0.2) is 0 Å². The quantitative estimate of drug-likeness (QED) is 0.650. The lowest BCUT2D eigenvalue weighted by atomic mass is 10.2. The fourth-order valence-electron chi connectivity index (χ4n) is 1.16. The largest absolute Gasteiger partial charge is 0.264 e. The van der Waals surface area contributed by atoms with E-state index in [9.17, 15) is 0 Å². The van der Waals surface area contributed by atoms with E-state index in [2.05, 4.69) is 11.1 Å². The van der Waals surface area contributed by atoms with Crippen LogP contribution in [0, 0.1) is 25.2 Å². The molecule has 0 amide bonds. The number of benzene rings is 1. The van der Waals surface area contributed by atoms with E-state index >= 15 is 0 Å². The van der Waals surface area contributed by atoms with E-state index in [4.69, 9.17) is 5.26 Å². The summed E-state index contributed by atoms with van der Waals surface area (Å²) >= 11 is 0. The van der Waals surface area contributed by atoms with Crippen LogP contribution in [0.25, 0.3) is 0 Å². The molecule has 0 aliphatic rings. The van der Waals surface area contributed by atoms with Gasteiger partial charge in [-0.25, -0.2) is 0 Å². The Hall–Kier alpha value is -2.14. The van der Waals surface area contributed by atoms with Gasteiger partial charge in [-0.1, -0.05) is 45.9 Å². The number of rotatable bonds is 0. The number of pyridine rings is 1. The second-order valence-corrected chi connectivity index (χ2v) is 3.51. The van der Waals surface area contributed by atoms with Gasteiger partial charge < -0.3 is 0 Å². The van der Waals surface area contributed by atoms with Crippen LogP contribution in [0.15, 0.2) is 48.8 Å². The van der Waals surface area contributed by atoms with Crippen molar-refractivity contribution in [2.75, 3.05) is 0 Å². The average molecular weight is 270 g/mol. The molecule has 108 valence electrons. The number of hydrogen-bond donors (Lipinski definition) is 0. The summed E-state index contributed by atoms with van der Waals surface area (Å²) in [6.07, 6.45) is 3.60. The zero-order valence-electron chi connectivity index (χ0n) is 13.5. The van der Waals surface area contributed by atoms with E-state index in [0.29, 0.717) is 0 Å². The fraction of sp³-hybridized carbons (Fsp3) is 0.333. The second kappa shape index (κ2) is 14.9. The molecule has 0 saturated heterocycles. The third kappa shape index (κ3) is 11.0. The molecule has 0 N–H and O–H groups in total. The topological polar surface area (TPSA) is 36.7 Å². The summed E-state index contributed by atoms with van der Waals surface area (Å²) in [4.78, 5) is 3.88. The molecule has 20 heavy (non-hydrogen) atoms. The smallest absolute Gasteiger partial charge is 0.0991 e. The van der Waals surface area contributed by atoms with Gasteiger partial charge in [-0.2, -0.15) is 5.26 Å². The van der Waals surface area contributed by atoms with Crippen LogP contribution in [0.3, 0.4) is 0 Å². The van der Waals surface area contributed by atoms with Gasteiger partial charge in [0.1, 0.15) is 0 Å². The Kier molecular flexibility index (Phi) is 15.1. The van der Waals surface area contributed by atoms with Crippen LogP contribution in [0.2, 0.25) is 0 Å². The predicted molar refractivity (Wildman–Crippen MR) is 87.6 cm³/mol. The van der Waals surface area contributed by atoms with Crippen LogP contribution in [-0.2, 0) is 0 Å². The molecule has 1 aromatic carbocycles. The zero-order chi connectivity index (χ0) is 15.8. The molecule has 0 unspecified atom stereocenters. The molecule has 1 heterocycles. The van der Waals surface area contributed by atoms with Crippen molar-refractivity contribution in [2.45, 2.75) is 41.5 Å². The first-order valence-electron chi connectivity index (χ1n) is 7.06. The summed E-state index contributed by atoms with van der Waals surface area (Å²) in [5, 5.41) is 8.41. The molecule has 2 aromatic rings. The molecule has 0 radical (unpaired) electrons. The number of aryl methyl sites for hydroxylation is 2. The molecule has 2 nitrogen and oxygen atoms in total. The molecule has 0 aliphatic carbocycles. The Labute approximate surface area is 124 Å². The molecule has 0 fully saturated rings. The highest BCUT2D eigenvalue weighted by Crippen LogP contribution is 2.00. The molecular formula is C18H26N2. The first-order valence-corrected chi connectivity index (χ1v) is 7.06. The van der Waals surface area contributed by atoms with Crippen molar-refractivity contribution in [3.8, 4) is 6.07 Å². The summed E-state index contributed by atoms with van der Waals surface area (Å²) in [5.41, 5.74) is 3.08. The maximum atomic E-state index is 8.41. The van der Waals surface area contributed by atoms with Crippen molar-refractivity contribution < 1.29 is 0 Å². The second-order valence-electron chi connectivity index (χ2n) is 3.51. The van der Waals surface area contributed by atoms with Crippen molar-refractivity contribution in [1.29, 1.82) is 5.26 Å². The maximum Gasteiger partial charge on any atom is 0.0991 e. The SMILES string of the molecule is CC.CC.Cc1cccc(C#N)c1.Cc1cccnc1. The number of hydrogen-bond acceptors (Lipinski definition) is 2. The van der Waals surface area contributed by atoms with Crippen molar-refractivity contribution >= 4 is 0 Å². The highest BCUT2D eigenvalue weighted by Gasteiger charge is 1.86. The summed E-state index contributed by atoms with van der Waals surface area (Å²) in [6, 6.07) is 13.5. The van der Waals surface area contributed by atoms with Gasteiger partial charge in [-0.05, 0) is 43.2 Å². The van der Waals surface area contributed by atoms with Crippen molar-refractivity contribution in [2.24, 2.45) is 0 Å². The van der Waals surface area contributed by atoms with Gasteiger partial charge in [0, 0.05) is 12.4 Å². The molecule has 2 rings (SSSR count). The highest BCUT2D eigenvalue weighted by molar-refractivity contribution is 5.31. The van der Waals surface area contributed by atoms with Crippen LogP contribution in [0.4, 0.5) is 0 Å². The zero-order valence-corrected chi connectivity index (χ0v) is 13.5. The van der Waals surface area contributed by atoms with Gasteiger partial charge in [-0.3, -0.25) is 4.98 Å². The molecule has 0 atom stereocenters. The Morgan fingerprint density at radius 1 is 0.900 bits per heavy atom. The molecule has 1 aromatic heterocycles. The van der Waals surface area contributed by atoms with Gasteiger partial charge >= 0.3 is 0 Å². The average Bonchev–Trinajstić information content (AvgIpc) is 2.52. The summed E-state index contributed by atoms with van der Waals surface area (Å²) in [5.74, 6) is 0. The number of nitriles is 1. The minimum Gasteiger partial charge on any atom is -0.264 e. The Bertz CT molecular complexity index is 470. The van der Waals surface area contributed by atoms with Crippen molar-refractivity contribution in [3.05, 3.63) is 65.5 Å². The van der Waals surface area contributed by atoms with Crippen LogP contribution in [0.5, 0.6) is 0 Å². The number of aromatic nitrogens is 1. The van der Waals surface area contributed by atoms with Crippen LogP contribution in [0.1, 0.15) is 44.4 Å². The minimum absolute atomic E-state index is 0.731. The minimum atomic E-state index is 0.731. The normalized spacial score (nSPS) is 7.45. The third-order valence-corrected chi connectivity index (χ3v) is 1.96.